The third-order valence-electron chi connectivity index (χ3n) is 2.81. The van der Waals surface area contributed by atoms with Gasteiger partial charge in [-0.2, -0.15) is 0 Å². The Hall–Kier alpha value is -1.88. The van der Waals surface area contributed by atoms with Crippen molar-refractivity contribution in [2.24, 2.45) is 0 Å². The molecule has 2 aromatic carbocycles. The Kier molecular flexibility index (Phi) is 4.74. The second-order valence-electron chi connectivity index (χ2n) is 4.25. The monoisotopic (exact) mass is 337 g/mol. The summed E-state index contributed by atoms with van der Waals surface area (Å²) < 4.78 is 18.7. The van der Waals surface area contributed by atoms with Gasteiger partial charge in [0.1, 0.15) is 12.4 Å². The summed E-state index contributed by atoms with van der Waals surface area (Å²) in [5.74, 6) is -0.787. The van der Waals surface area contributed by atoms with Gasteiger partial charge >= 0.3 is 5.97 Å². The summed E-state index contributed by atoms with van der Waals surface area (Å²) in [5.41, 5.74) is 7.61. The van der Waals surface area contributed by atoms with E-state index in [1.807, 2.05) is 6.07 Å². The van der Waals surface area contributed by atoms with E-state index in [-0.39, 0.29) is 18.8 Å². The molecule has 2 rings (SSSR count). The SMILES string of the molecule is Nc1ccccc1CC(=O)OCc1cccc(F)c1Br. The summed E-state index contributed by atoms with van der Waals surface area (Å²) in [4.78, 5) is 11.7. The van der Waals surface area contributed by atoms with Gasteiger partial charge in [-0.05, 0) is 33.6 Å². The lowest BCUT2D eigenvalue weighted by atomic mass is 10.1. The van der Waals surface area contributed by atoms with E-state index in [0.717, 1.165) is 5.56 Å². The number of nitrogen functional groups attached to an aromatic ring is 1. The number of halogens is 2. The minimum atomic E-state index is -0.404. The largest absolute Gasteiger partial charge is 0.461 e. The van der Waals surface area contributed by atoms with E-state index in [2.05, 4.69) is 15.9 Å². The predicted octanol–water partition coefficient (Wildman–Crippen LogP) is 3.46. The van der Waals surface area contributed by atoms with Gasteiger partial charge in [-0.25, -0.2) is 4.39 Å². The average Bonchev–Trinajstić information content (AvgIpc) is 2.43. The van der Waals surface area contributed by atoms with Crippen LogP contribution in [0.4, 0.5) is 10.1 Å². The van der Waals surface area contributed by atoms with E-state index in [9.17, 15) is 9.18 Å². The Morgan fingerprint density at radius 2 is 1.85 bits per heavy atom. The second kappa shape index (κ2) is 6.52. The Labute approximate surface area is 124 Å². The number of para-hydroxylation sites is 1. The van der Waals surface area contributed by atoms with Gasteiger partial charge in [-0.3, -0.25) is 4.79 Å². The highest BCUT2D eigenvalue weighted by Gasteiger charge is 2.10. The number of carbonyl (C=O) groups is 1. The molecule has 2 N–H and O–H groups in total. The minimum absolute atomic E-state index is 0.0178. The Balaban J connectivity index is 1.96. The molecule has 104 valence electrons. The average molecular weight is 338 g/mol. The number of carbonyl (C=O) groups excluding carboxylic acids is 1. The molecule has 0 aliphatic carbocycles. The van der Waals surface area contributed by atoms with Crippen molar-refractivity contribution in [1.29, 1.82) is 0 Å². The third kappa shape index (κ3) is 3.57. The summed E-state index contributed by atoms with van der Waals surface area (Å²) in [6, 6.07) is 11.7. The summed E-state index contributed by atoms with van der Waals surface area (Å²) in [6.45, 7) is 0.0178. The molecule has 0 bridgehead atoms. The number of hydrogen-bond acceptors (Lipinski definition) is 3. The number of anilines is 1. The Bertz CT molecular complexity index is 631. The van der Waals surface area contributed by atoms with Crippen LogP contribution in [0.1, 0.15) is 11.1 Å². The molecule has 0 aliphatic rings. The molecule has 0 aromatic heterocycles. The van der Waals surface area contributed by atoms with E-state index in [4.69, 9.17) is 10.5 Å². The summed E-state index contributed by atoms with van der Waals surface area (Å²) >= 11 is 3.12. The normalized spacial score (nSPS) is 10.3. The Morgan fingerprint density at radius 3 is 2.60 bits per heavy atom. The van der Waals surface area contributed by atoms with Crippen LogP contribution in [-0.4, -0.2) is 5.97 Å². The first-order valence-electron chi connectivity index (χ1n) is 6.00. The zero-order valence-electron chi connectivity index (χ0n) is 10.6. The number of hydrogen-bond donors (Lipinski definition) is 1. The van der Waals surface area contributed by atoms with Crippen molar-refractivity contribution in [2.75, 3.05) is 5.73 Å². The van der Waals surface area contributed by atoms with E-state index in [0.29, 0.717) is 15.7 Å². The van der Waals surface area contributed by atoms with Crippen LogP contribution in [0.5, 0.6) is 0 Å². The topological polar surface area (TPSA) is 52.3 Å². The van der Waals surface area contributed by atoms with E-state index >= 15 is 0 Å². The van der Waals surface area contributed by atoms with Gasteiger partial charge < -0.3 is 10.5 Å². The molecular formula is C15H13BrFNO2. The first kappa shape index (κ1) is 14.5. The fourth-order valence-electron chi connectivity index (χ4n) is 1.72. The van der Waals surface area contributed by atoms with Crippen LogP contribution in [0.25, 0.3) is 0 Å². The zero-order chi connectivity index (χ0) is 14.5. The van der Waals surface area contributed by atoms with Crippen LogP contribution in [-0.2, 0) is 22.6 Å². The van der Waals surface area contributed by atoms with Crippen molar-refractivity contribution >= 4 is 27.6 Å². The molecule has 0 aliphatic heterocycles. The van der Waals surface area contributed by atoms with Crippen LogP contribution in [0.2, 0.25) is 0 Å². The van der Waals surface area contributed by atoms with Gasteiger partial charge in [0.15, 0.2) is 0 Å². The van der Waals surface area contributed by atoms with Gasteiger partial charge in [0, 0.05) is 11.3 Å². The summed E-state index contributed by atoms with van der Waals surface area (Å²) in [7, 11) is 0. The van der Waals surface area contributed by atoms with Crippen LogP contribution in [0.3, 0.4) is 0 Å². The van der Waals surface area contributed by atoms with Gasteiger partial charge in [-0.1, -0.05) is 30.3 Å². The molecule has 0 unspecified atom stereocenters. The highest BCUT2D eigenvalue weighted by molar-refractivity contribution is 9.10. The van der Waals surface area contributed by atoms with Crippen LogP contribution in [0.15, 0.2) is 46.9 Å². The lowest BCUT2D eigenvalue weighted by molar-refractivity contribution is -0.144. The van der Waals surface area contributed by atoms with Crippen LogP contribution < -0.4 is 5.73 Å². The van der Waals surface area contributed by atoms with Crippen molar-refractivity contribution in [3.05, 3.63) is 63.9 Å². The maximum atomic E-state index is 13.3. The van der Waals surface area contributed by atoms with Gasteiger partial charge in [0.25, 0.3) is 0 Å². The van der Waals surface area contributed by atoms with Crippen molar-refractivity contribution in [1.82, 2.24) is 0 Å². The molecule has 0 spiro atoms. The molecule has 0 saturated heterocycles. The van der Waals surface area contributed by atoms with Crippen molar-refractivity contribution in [3.8, 4) is 0 Å². The van der Waals surface area contributed by atoms with Crippen molar-refractivity contribution < 1.29 is 13.9 Å². The molecule has 5 heteroatoms. The molecule has 0 heterocycles. The summed E-state index contributed by atoms with van der Waals surface area (Å²) in [6.07, 6.45) is 0.0968. The molecule has 2 aromatic rings. The van der Waals surface area contributed by atoms with Gasteiger partial charge in [-0.15, -0.1) is 0 Å². The lowest BCUT2D eigenvalue weighted by Gasteiger charge is -2.08. The van der Waals surface area contributed by atoms with E-state index in [1.165, 1.54) is 6.07 Å². The number of benzene rings is 2. The first-order valence-corrected chi connectivity index (χ1v) is 6.79. The number of ether oxygens (including phenoxy) is 1. The van der Waals surface area contributed by atoms with Crippen molar-refractivity contribution in [2.45, 2.75) is 13.0 Å². The quantitative estimate of drug-likeness (QED) is 0.686. The predicted molar refractivity (Wildman–Crippen MR) is 78.5 cm³/mol. The Morgan fingerprint density at radius 1 is 1.15 bits per heavy atom. The van der Waals surface area contributed by atoms with Crippen molar-refractivity contribution in [3.63, 3.8) is 0 Å². The number of rotatable bonds is 4. The lowest BCUT2D eigenvalue weighted by Crippen LogP contribution is -2.09. The molecule has 0 saturated carbocycles. The number of esters is 1. The smallest absolute Gasteiger partial charge is 0.310 e. The first-order chi connectivity index (χ1) is 9.58. The fraction of sp³-hybridized carbons (Fsp3) is 0.133. The van der Waals surface area contributed by atoms with Crippen LogP contribution in [0, 0.1) is 5.82 Å². The minimum Gasteiger partial charge on any atom is -0.461 e. The molecule has 0 atom stereocenters. The molecule has 0 radical (unpaired) electrons. The standard InChI is InChI=1S/C15H13BrFNO2/c16-15-11(5-3-6-12(15)17)9-20-14(19)8-10-4-1-2-7-13(10)18/h1-7H,8-9,18H2. The van der Waals surface area contributed by atoms with E-state index in [1.54, 1.807) is 30.3 Å². The van der Waals surface area contributed by atoms with Gasteiger partial charge in [0.2, 0.25) is 0 Å². The molecular weight excluding hydrogens is 325 g/mol. The maximum absolute atomic E-state index is 13.3. The second-order valence-corrected chi connectivity index (χ2v) is 5.04. The molecule has 0 amide bonds. The molecule has 20 heavy (non-hydrogen) atoms. The third-order valence-corrected chi connectivity index (χ3v) is 3.70. The highest BCUT2D eigenvalue weighted by Crippen LogP contribution is 2.21. The maximum Gasteiger partial charge on any atom is 0.310 e. The zero-order valence-corrected chi connectivity index (χ0v) is 12.2. The highest BCUT2D eigenvalue weighted by atomic mass is 79.9. The molecule has 0 fully saturated rings. The van der Waals surface area contributed by atoms with Gasteiger partial charge in [0.05, 0.1) is 10.9 Å². The van der Waals surface area contributed by atoms with E-state index < -0.39 is 5.97 Å². The van der Waals surface area contributed by atoms with Crippen LogP contribution >= 0.6 is 15.9 Å². The molecule has 3 nitrogen and oxygen atoms in total. The fourth-order valence-corrected chi connectivity index (χ4v) is 2.10. The number of nitrogens with two attached hydrogens (primary N) is 1. The summed E-state index contributed by atoms with van der Waals surface area (Å²) in [5, 5.41) is 0.